The maximum atomic E-state index is 12.1. The van der Waals surface area contributed by atoms with Crippen LogP contribution in [0.5, 0.6) is 11.8 Å². The van der Waals surface area contributed by atoms with Gasteiger partial charge in [-0.05, 0) is 12.1 Å². The van der Waals surface area contributed by atoms with Crippen molar-refractivity contribution in [3.8, 4) is 11.8 Å². The summed E-state index contributed by atoms with van der Waals surface area (Å²) < 4.78 is 10.0. The summed E-state index contributed by atoms with van der Waals surface area (Å²) >= 11 is 0. The molecule has 0 atom stereocenters. The SMILES string of the molecule is COc1cc(OC)nc(CC(=O)Nc2ccccc2C(=O)O)n1. The molecule has 0 saturated carbocycles. The molecule has 0 fully saturated rings. The van der Waals surface area contributed by atoms with Crippen LogP contribution in [0.3, 0.4) is 0 Å². The highest BCUT2D eigenvalue weighted by Crippen LogP contribution is 2.17. The lowest BCUT2D eigenvalue weighted by Crippen LogP contribution is -2.18. The molecule has 0 bridgehead atoms. The van der Waals surface area contributed by atoms with E-state index >= 15 is 0 Å². The largest absolute Gasteiger partial charge is 0.481 e. The van der Waals surface area contributed by atoms with Crippen molar-refractivity contribution < 1.29 is 24.2 Å². The molecule has 0 spiro atoms. The molecular weight excluding hydrogens is 302 g/mol. The summed E-state index contributed by atoms with van der Waals surface area (Å²) in [6, 6.07) is 7.61. The first-order chi connectivity index (χ1) is 11.0. The third-order valence-corrected chi connectivity index (χ3v) is 2.89. The number of anilines is 1. The number of benzene rings is 1. The number of aromatic carboxylic acids is 1. The number of nitrogens with one attached hydrogen (secondary N) is 1. The lowest BCUT2D eigenvalue weighted by atomic mass is 10.1. The lowest BCUT2D eigenvalue weighted by molar-refractivity contribution is -0.115. The molecule has 1 aromatic carbocycles. The molecule has 120 valence electrons. The molecule has 0 unspecified atom stereocenters. The zero-order chi connectivity index (χ0) is 16.8. The van der Waals surface area contributed by atoms with Crippen LogP contribution in [0.2, 0.25) is 0 Å². The van der Waals surface area contributed by atoms with Gasteiger partial charge in [0.05, 0.1) is 38.0 Å². The van der Waals surface area contributed by atoms with Crippen LogP contribution >= 0.6 is 0 Å². The van der Waals surface area contributed by atoms with Crippen LogP contribution in [-0.2, 0) is 11.2 Å². The van der Waals surface area contributed by atoms with Gasteiger partial charge in [-0.2, -0.15) is 9.97 Å². The molecule has 2 aromatic rings. The first-order valence-electron chi connectivity index (χ1n) is 6.61. The minimum atomic E-state index is -1.12. The molecule has 0 aliphatic heterocycles. The lowest BCUT2D eigenvalue weighted by Gasteiger charge is -2.09. The van der Waals surface area contributed by atoms with Gasteiger partial charge in [0.2, 0.25) is 17.7 Å². The average molecular weight is 317 g/mol. The van der Waals surface area contributed by atoms with E-state index in [-0.39, 0.29) is 35.3 Å². The molecule has 1 amide bonds. The molecule has 0 radical (unpaired) electrons. The number of carbonyl (C=O) groups excluding carboxylic acids is 1. The molecule has 2 N–H and O–H groups in total. The van der Waals surface area contributed by atoms with E-state index in [0.29, 0.717) is 0 Å². The Morgan fingerprint density at radius 3 is 2.30 bits per heavy atom. The van der Waals surface area contributed by atoms with Crippen molar-refractivity contribution in [2.45, 2.75) is 6.42 Å². The number of amides is 1. The predicted molar refractivity (Wildman–Crippen MR) is 80.9 cm³/mol. The highest BCUT2D eigenvalue weighted by atomic mass is 16.5. The highest BCUT2D eigenvalue weighted by Gasteiger charge is 2.14. The van der Waals surface area contributed by atoms with Gasteiger partial charge in [-0.25, -0.2) is 4.79 Å². The maximum Gasteiger partial charge on any atom is 0.337 e. The minimum Gasteiger partial charge on any atom is -0.481 e. The first-order valence-corrected chi connectivity index (χ1v) is 6.61. The molecule has 0 aliphatic carbocycles. The second-order valence-corrected chi connectivity index (χ2v) is 4.44. The minimum absolute atomic E-state index is 0.00462. The summed E-state index contributed by atoms with van der Waals surface area (Å²) in [4.78, 5) is 31.3. The highest BCUT2D eigenvalue weighted by molar-refractivity contribution is 6.00. The number of methoxy groups -OCH3 is 2. The van der Waals surface area contributed by atoms with Crippen LogP contribution in [0.1, 0.15) is 16.2 Å². The third kappa shape index (κ3) is 4.16. The maximum absolute atomic E-state index is 12.1. The molecule has 8 heteroatoms. The van der Waals surface area contributed by atoms with E-state index in [1.165, 1.54) is 32.4 Å². The molecule has 0 saturated heterocycles. The molecule has 8 nitrogen and oxygen atoms in total. The zero-order valence-electron chi connectivity index (χ0n) is 12.6. The summed E-state index contributed by atoms with van der Waals surface area (Å²) in [5.41, 5.74) is 0.213. The summed E-state index contributed by atoms with van der Waals surface area (Å²) in [6.45, 7) is 0. The fraction of sp³-hybridized carbons (Fsp3) is 0.200. The van der Waals surface area contributed by atoms with Crippen molar-refractivity contribution in [2.75, 3.05) is 19.5 Å². The van der Waals surface area contributed by atoms with E-state index < -0.39 is 11.9 Å². The topological polar surface area (TPSA) is 111 Å². The number of ether oxygens (including phenoxy) is 2. The Balaban J connectivity index is 2.16. The number of rotatable bonds is 6. The van der Waals surface area contributed by atoms with Gasteiger partial charge in [-0.15, -0.1) is 0 Å². The number of aromatic nitrogens is 2. The number of carboxylic acids is 1. The third-order valence-electron chi connectivity index (χ3n) is 2.89. The van der Waals surface area contributed by atoms with E-state index in [9.17, 15) is 9.59 Å². The van der Waals surface area contributed by atoms with Gasteiger partial charge in [0.15, 0.2) is 0 Å². The fourth-order valence-corrected chi connectivity index (χ4v) is 1.85. The Hall–Kier alpha value is -3.16. The van der Waals surface area contributed by atoms with Crippen LogP contribution in [0.15, 0.2) is 30.3 Å². The van der Waals surface area contributed by atoms with E-state index in [1.807, 2.05) is 0 Å². The molecule has 0 aliphatic rings. The number of carboxylic acid groups (broad SMARTS) is 1. The van der Waals surface area contributed by atoms with E-state index in [4.69, 9.17) is 14.6 Å². The molecule has 23 heavy (non-hydrogen) atoms. The van der Waals surface area contributed by atoms with Gasteiger partial charge in [0.25, 0.3) is 0 Å². The van der Waals surface area contributed by atoms with Gasteiger partial charge in [0, 0.05) is 0 Å². The van der Waals surface area contributed by atoms with Crippen molar-refractivity contribution in [1.82, 2.24) is 9.97 Å². The zero-order valence-corrected chi connectivity index (χ0v) is 12.6. The van der Waals surface area contributed by atoms with Gasteiger partial charge in [0.1, 0.15) is 5.82 Å². The van der Waals surface area contributed by atoms with Crippen molar-refractivity contribution in [2.24, 2.45) is 0 Å². The molecule has 1 heterocycles. The van der Waals surface area contributed by atoms with Crippen LogP contribution in [0.25, 0.3) is 0 Å². The van der Waals surface area contributed by atoms with E-state index in [2.05, 4.69) is 15.3 Å². The predicted octanol–water partition coefficient (Wildman–Crippen LogP) is 1.37. The summed E-state index contributed by atoms with van der Waals surface area (Å²) in [6.07, 6.45) is -0.151. The average Bonchev–Trinajstić information content (AvgIpc) is 2.54. The van der Waals surface area contributed by atoms with Crippen molar-refractivity contribution >= 4 is 17.6 Å². The Bertz CT molecular complexity index is 711. The van der Waals surface area contributed by atoms with Gasteiger partial charge in [-0.1, -0.05) is 12.1 Å². The Morgan fingerprint density at radius 1 is 1.13 bits per heavy atom. The van der Waals surface area contributed by atoms with Gasteiger partial charge >= 0.3 is 5.97 Å². The molecular formula is C15H15N3O5. The second-order valence-electron chi connectivity index (χ2n) is 4.44. The quantitative estimate of drug-likeness (QED) is 0.827. The molecule has 1 aromatic heterocycles. The summed E-state index contributed by atoms with van der Waals surface area (Å²) in [7, 11) is 2.88. The van der Waals surface area contributed by atoms with Crippen LogP contribution in [-0.4, -0.2) is 41.2 Å². The summed E-state index contributed by atoms with van der Waals surface area (Å²) in [5.74, 6) is -0.836. The van der Waals surface area contributed by atoms with Crippen molar-refractivity contribution in [1.29, 1.82) is 0 Å². The second kappa shape index (κ2) is 7.21. The number of para-hydroxylation sites is 1. The number of carbonyl (C=O) groups is 2. The van der Waals surface area contributed by atoms with Crippen LogP contribution in [0, 0.1) is 0 Å². The smallest absolute Gasteiger partial charge is 0.337 e. The Labute approximate surface area is 132 Å². The first kappa shape index (κ1) is 16.2. The number of nitrogens with zero attached hydrogens (tertiary/aromatic N) is 2. The van der Waals surface area contributed by atoms with Crippen molar-refractivity contribution in [3.63, 3.8) is 0 Å². The standard InChI is InChI=1S/C15H15N3O5/c1-22-13-8-14(23-2)18-11(17-13)7-12(19)16-10-6-4-3-5-9(10)15(20)21/h3-6,8H,7H2,1-2H3,(H,16,19)(H,20,21). The van der Waals surface area contributed by atoms with Crippen molar-refractivity contribution in [3.05, 3.63) is 41.7 Å². The summed E-state index contributed by atoms with van der Waals surface area (Å²) in [5, 5.41) is 11.6. The normalized spacial score (nSPS) is 10.0. The van der Waals surface area contributed by atoms with Gasteiger partial charge < -0.3 is 19.9 Å². The fourth-order valence-electron chi connectivity index (χ4n) is 1.85. The van der Waals surface area contributed by atoms with E-state index in [1.54, 1.807) is 12.1 Å². The monoisotopic (exact) mass is 317 g/mol. The number of hydrogen-bond donors (Lipinski definition) is 2. The Kier molecular flexibility index (Phi) is 5.08. The Morgan fingerprint density at radius 2 is 1.74 bits per heavy atom. The van der Waals surface area contributed by atoms with Gasteiger partial charge in [-0.3, -0.25) is 4.79 Å². The van der Waals surface area contributed by atoms with E-state index in [0.717, 1.165) is 0 Å². The number of hydrogen-bond acceptors (Lipinski definition) is 6. The molecule has 2 rings (SSSR count). The van der Waals surface area contributed by atoms with Crippen LogP contribution < -0.4 is 14.8 Å². The van der Waals surface area contributed by atoms with Crippen LogP contribution in [0.4, 0.5) is 5.69 Å².